The molecule has 88 valence electrons. The summed E-state index contributed by atoms with van der Waals surface area (Å²) in [6, 6.07) is 6.60. The smallest absolute Gasteiger partial charge is 0.155 e. The lowest BCUT2D eigenvalue weighted by Crippen LogP contribution is -2.26. The average Bonchev–Trinajstić information content (AvgIpc) is 2.33. The molecular weight excluding hydrogens is 220 g/mol. The fraction of sp³-hybridized carbons (Fsp3) is 0.538. The van der Waals surface area contributed by atoms with Gasteiger partial charge in [0.25, 0.3) is 0 Å². The van der Waals surface area contributed by atoms with Crippen molar-refractivity contribution in [2.45, 2.75) is 18.7 Å². The predicted octanol–water partition coefficient (Wildman–Crippen LogP) is 2.40. The Hall–Kier alpha value is -0.670. The van der Waals surface area contributed by atoms with Gasteiger partial charge in [0.1, 0.15) is 17.3 Å². The lowest BCUT2D eigenvalue weighted by atomic mass is 10.2. The van der Waals surface area contributed by atoms with Gasteiger partial charge in [-0.2, -0.15) is 0 Å². The lowest BCUT2D eigenvalue weighted by Gasteiger charge is -2.15. The van der Waals surface area contributed by atoms with Gasteiger partial charge in [-0.15, -0.1) is 0 Å². The van der Waals surface area contributed by atoms with E-state index < -0.39 is 0 Å². The summed E-state index contributed by atoms with van der Waals surface area (Å²) in [7, 11) is 0.389. The van der Waals surface area contributed by atoms with Gasteiger partial charge in [0, 0.05) is 10.9 Å². The molecule has 0 atom stereocenters. The molecule has 1 aliphatic rings. The van der Waals surface area contributed by atoms with Crippen molar-refractivity contribution < 1.29 is 9.47 Å². The maximum atomic E-state index is 5.56. The average molecular weight is 239 g/mol. The first-order valence-corrected chi connectivity index (χ1v) is 7.36. The molecule has 0 aliphatic carbocycles. The van der Waals surface area contributed by atoms with Crippen LogP contribution in [0.3, 0.4) is 0 Å². The van der Waals surface area contributed by atoms with Gasteiger partial charge < -0.3 is 9.47 Å². The molecule has 0 aromatic heterocycles. The summed E-state index contributed by atoms with van der Waals surface area (Å²) in [6.45, 7) is 6.70. The molecular formula is C13H19O2S+. The number of hydrogen-bond acceptors (Lipinski definition) is 2. The largest absolute Gasteiger partial charge is 0.494 e. The molecule has 2 rings (SSSR count). The first-order valence-electron chi connectivity index (χ1n) is 5.80. The fourth-order valence-corrected chi connectivity index (χ4v) is 3.80. The minimum atomic E-state index is 0.389. The van der Waals surface area contributed by atoms with E-state index in [-0.39, 0.29) is 0 Å². The normalized spacial score (nSPS) is 17.4. The van der Waals surface area contributed by atoms with Crippen LogP contribution in [0.2, 0.25) is 0 Å². The van der Waals surface area contributed by atoms with Gasteiger partial charge in [-0.3, -0.25) is 0 Å². The van der Waals surface area contributed by atoms with Crippen molar-refractivity contribution in [3.05, 3.63) is 23.8 Å². The summed E-state index contributed by atoms with van der Waals surface area (Å²) in [5.41, 5.74) is 1.25. The Morgan fingerprint density at radius 1 is 1.31 bits per heavy atom. The van der Waals surface area contributed by atoms with Crippen LogP contribution in [0, 0.1) is 6.92 Å². The highest BCUT2D eigenvalue weighted by Crippen LogP contribution is 2.24. The third-order valence-corrected chi connectivity index (χ3v) is 4.97. The highest BCUT2D eigenvalue weighted by Gasteiger charge is 2.25. The molecule has 2 nitrogen and oxygen atoms in total. The zero-order chi connectivity index (χ0) is 11.4. The van der Waals surface area contributed by atoms with E-state index in [2.05, 4.69) is 25.1 Å². The molecule has 0 radical (unpaired) electrons. The molecule has 1 aliphatic heterocycles. The molecule has 1 fully saturated rings. The Morgan fingerprint density at radius 3 is 2.69 bits per heavy atom. The Morgan fingerprint density at radius 2 is 2.06 bits per heavy atom. The predicted molar refractivity (Wildman–Crippen MR) is 68.5 cm³/mol. The third-order valence-electron chi connectivity index (χ3n) is 2.73. The Balaban J connectivity index is 2.13. The van der Waals surface area contributed by atoms with Gasteiger partial charge in [-0.1, -0.05) is 0 Å². The molecule has 0 unspecified atom stereocenters. The van der Waals surface area contributed by atoms with E-state index in [0.717, 1.165) is 25.6 Å². The topological polar surface area (TPSA) is 18.5 Å². The van der Waals surface area contributed by atoms with Crippen LogP contribution in [-0.2, 0) is 15.6 Å². The minimum absolute atomic E-state index is 0.389. The van der Waals surface area contributed by atoms with Crippen molar-refractivity contribution in [1.82, 2.24) is 0 Å². The highest BCUT2D eigenvalue weighted by atomic mass is 32.2. The lowest BCUT2D eigenvalue weighted by molar-refractivity contribution is 0.159. The molecule has 0 N–H and O–H groups in total. The van der Waals surface area contributed by atoms with Crippen LogP contribution < -0.4 is 4.74 Å². The standard InChI is InChI=1S/C13H19O2S/c1-3-15-13-5-4-12(10-11(13)2)16-8-6-14-7-9-16/h4-5,10H,3,6-9H2,1-2H3/q+1. The summed E-state index contributed by atoms with van der Waals surface area (Å²) in [6.07, 6.45) is 0. The van der Waals surface area contributed by atoms with Gasteiger partial charge in [0.15, 0.2) is 4.90 Å². The van der Waals surface area contributed by atoms with E-state index in [9.17, 15) is 0 Å². The molecule has 0 spiro atoms. The first kappa shape index (κ1) is 11.8. The maximum Gasteiger partial charge on any atom is 0.155 e. The van der Waals surface area contributed by atoms with Gasteiger partial charge in [0.2, 0.25) is 0 Å². The van der Waals surface area contributed by atoms with Gasteiger partial charge in [-0.25, -0.2) is 0 Å². The molecule has 0 saturated carbocycles. The summed E-state index contributed by atoms with van der Waals surface area (Å²) < 4.78 is 11.0. The Kier molecular flexibility index (Phi) is 4.13. The molecule has 0 amide bonds. The second kappa shape index (κ2) is 5.60. The van der Waals surface area contributed by atoms with E-state index in [1.807, 2.05) is 6.92 Å². The van der Waals surface area contributed by atoms with Crippen molar-refractivity contribution in [2.75, 3.05) is 31.3 Å². The van der Waals surface area contributed by atoms with Crippen molar-refractivity contribution in [2.24, 2.45) is 0 Å². The van der Waals surface area contributed by atoms with Gasteiger partial charge in [0.05, 0.1) is 19.8 Å². The molecule has 3 heteroatoms. The van der Waals surface area contributed by atoms with Gasteiger partial charge in [-0.05, 0) is 37.6 Å². The SMILES string of the molecule is CCOc1ccc([S+]2CCOCC2)cc1C. The van der Waals surface area contributed by atoms with Crippen LogP contribution in [0.25, 0.3) is 0 Å². The molecule has 1 aromatic rings. The van der Waals surface area contributed by atoms with Crippen molar-refractivity contribution in [3.63, 3.8) is 0 Å². The first-order chi connectivity index (χ1) is 7.81. The number of hydrogen-bond donors (Lipinski definition) is 0. The van der Waals surface area contributed by atoms with Crippen LogP contribution in [0.5, 0.6) is 5.75 Å². The Bertz CT molecular complexity index is 346. The fourth-order valence-electron chi connectivity index (χ4n) is 1.88. The second-order valence-electron chi connectivity index (χ2n) is 3.87. The number of aryl methyl sites for hydroxylation is 1. The molecule has 1 heterocycles. The number of ether oxygens (including phenoxy) is 2. The maximum absolute atomic E-state index is 5.56. The second-order valence-corrected chi connectivity index (χ2v) is 6.15. The molecule has 1 aromatic carbocycles. The summed E-state index contributed by atoms with van der Waals surface area (Å²) in [4.78, 5) is 1.46. The molecule has 0 bridgehead atoms. The number of rotatable bonds is 3. The highest BCUT2D eigenvalue weighted by molar-refractivity contribution is 7.97. The van der Waals surface area contributed by atoms with Crippen LogP contribution >= 0.6 is 0 Å². The Labute approximate surface area is 100 Å². The zero-order valence-corrected chi connectivity index (χ0v) is 10.8. The van der Waals surface area contributed by atoms with E-state index in [4.69, 9.17) is 9.47 Å². The minimum Gasteiger partial charge on any atom is -0.494 e. The number of benzene rings is 1. The van der Waals surface area contributed by atoms with E-state index in [1.54, 1.807) is 0 Å². The van der Waals surface area contributed by atoms with Crippen molar-refractivity contribution in [1.29, 1.82) is 0 Å². The molecule has 16 heavy (non-hydrogen) atoms. The quantitative estimate of drug-likeness (QED) is 0.754. The van der Waals surface area contributed by atoms with Gasteiger partial charge >= 0.3 is 0 Å². The van der Waals surface area contributed by atoms with E-state index in [1.165, 1.54) is 22.0 Å². The third kappa shape index (κ3) is 2.71. The van der Waals surface area contributed by atoms with Crippen LogP contribution in [0.1, 0.15) is 12.5 Å². The van der Waals surface area contributed by atoms with Crippen LogP contribution in [0.4, 0.5) is 0 Å². The van der Waals surface area contributed by atoms with Crippen LogP contribution in [0.15, 0.2) is 23.1 Å². The summed E-state index contributed by atoms with van der Waals surface area (Å²) >= 11 is 0. The van der Waals surface area contributed by atoms with E-state index in [0.29, 0.717) is 10.9 Å². The monoisotopic (exact) mass is 239 g/mol. The molecule has 1 saturated heterocycles. The van der Waals surface area contributed by atoms with Crippen LogP contribution in [-0.4, -0.2) is 31.3 Å². The van der Waals surface area contributed by atoms with E-state index >= 15 is 0 Å². The summed E-state index contributed by atoms with van der Waals surface area (Å²) in [5.74, 6) is 3.36. The summed E-state index contributed by atoms with van der Waals surface area (Å²) in [5, 5.41) is 0. The van der Waals surface area contributed by atoms with Crippen molar-refractivity contribution >= 4 is 10.9 Å². The zero-order valence-electron chi connectivity index (χ0n) is 9.99. The van der Waals surface area contributed by atoms with Crippen molar-refractivity contribution in [3.8, 4) is 5.75 Å².